The molecule has 1 rings (SSSR count). The Hall–Kier alpha value is -1.22. The fourth-order valence-electron chi connectivity index (χ4n) is 3.15. The lowest BCUT2D eigenvalue weighted by atomic mass is 9.90. The third-order valence-electron chi connectivity index (χ3n) is 4.41. The quantitative estimate of drug-likeness (QED) is 0.563. The second-order valence-corrected chi connectivity index (χ2v) is 6.63. The van der Waals surface area contributed by atoms with E-state index >= 15 is 0 Å². The van der Waals surface area contributed by atoms with Crippen LogP contribution in [0.4, 0.5) is 0 Å². The first-order valence-corrected chi connectivity index (χ1v) is 9.00. The minimum atomic E-state index is 0.146. The molecule has 3 heteroatoms. The van der Waals surface area contributed by atoms with E-state index in [-0.39, 0.29) is 6.10 Å². The van der Waals surface area contributed by atoms with Crippen LogP contribution in [0.5, 0.6) is 0 Å². The molecule has 0 spiro atoms. The van der Waals surface area contributed by atoms with E-state index in [1.165, 1.54) is 12.8 Å². The Balaban J connectivity index is 3.05. The summed E-state index contributed by atoms with van der Waals surface area (Å²) in [7, 11) is 2.21. The van der Waals surface area contributed by atoms with Gasteiger partial charge < -0.3 is 14.4 Å². The second-order valence-electron chi connectivity index (χ2n) is 6.63. The summed E-state index contributed by atoms with van der Waals surface area (Å²) in [4.78, 5) is 2.45. The molecule has 0 amide bonds. The van der Waals surface area contributed by atoms with Crippen LogP contribution in [-0.4, -0.2) is 37.2 Å². The van der Waals surface area contributed by atoms with Crippen molar-refractivity contribution in [3.63, 3.8) is 0 Å². The summed E-state index contributed by atoms with van der Waals surface area (Å²) in [5.41, 5.74) is 1.16. The summed E-state index contributed by atoms with van der Waals surface area (Å²) >= 11 is 0. The highest BCUT2D eigenvalue weighted by molar-refractivity contribution is 5.37. The van der Waals surface area contributed by atoms with Crippen molar-refractivity contribution in [3.05, 3.63) is 35.8 Å². The Morgan fingerprint density at radius 2 is 2.13 bits per heavy atom. The predicted octanol–water partition coefficient (Wildman–Crippen LogP) is 4.91. The zero-order valence-electron chi connectivity index (χ0n) is 15.9. The lowest BCUT2D eigenvalue weighted by Crippen LogP contribution is -2.33. The van der Waals surface area contributed by atoms with Crippen molar-refractivity contribution in [1.82, 2.24) is 4.90 Å². The summed E-state index contributed by atoms with van der Waals surface area (Å²) < 4.78 is 11.8. The molecule has 1 unspecified atom stereocenters. The average Bonchev–Trinajstić information content (AvgIpc) is 2.86. The smallest absolute Gasteiger partial charge is 0.126 e. The van der Waals surface area contributed by atoms with E-state index in [1.807, 2.05) is 19.1 Å². The van der Waals surface area contributed by atoms with Crippen molar-refractivity contribution in [2.75, 3.05) is 20.2 Å². The molecule has 3 nitrogen and oxygen atoms in total. The van der Waals surface area contributed by atoms with Gasteiger partial charge in [0.15, 0.2) is 0 Å². The number of ether oxygens (including phenoxy) is 2. The maximum atomic E-state index is 6.04. The van der Waals surface area contributed by atoms with Gasteiger partial charge in [-0.3, -0.25) is 0 Å². The van der Waals surface area contributed by atoms with Crippen LogP contribution in [0, 0.1) is 5.92 Å². The van der Waals surface area contributed by atoms with Crippen LogP contribution >= 0.6 is 0 Å². The van der Waals surface area contributed by atoms with Crippen molar-refractivity contribution in [2.45, 2.75) is 66.0 Å². The number of hydrogen-bond acceptors (Lipinski definition) is 3. The topological polar surface area (TPSA) is 21.7 Å². The molecule has 132 valence electrons. The molecule has 0 bridgehead atoms. The highest BCUT2D eigenvalue weighted by atomic mass is 16.5. The molecule has 1 fully saturated rings. The van der Waals surface area contributed by atoms with E-state index in [4.69, 9.17) is 9.47 Å². The molecule has 0 aliphatic carbocycles. The zero-order valence-corrected chi connectivity index (χ0v) is 15.9. The highest BCUT2D eigenvalue weighted by Crippen LogP contribution is 2.36. The summed E-state index contributed by atoms with van der Waals surface area (Å²) in [6.07, 6.45) is 7.72. The Labute approximate surface area is 143 Å². The van der Waals surface area contributed by atoms with Crippen molar-refractivity contribution in [3.8, 4) is 0 Å². The van der Waals surface area contributed by atoms with Crippen molar-refractivity contribution < 1.29 is 9.47 Å². The van der Waals surface area contributed by atoms with Gasteiger partial charge in [-0.1, -0.05) is 32.9 Å². The molecule has 0 N–H and O–H groups in total. The van der Waals surface area contributed by atoms with Crippen LogP contribution in [0.15, 0.2) is 35.8 Å². The molecule has 0 aromatic rings. The van der Waals surface area contributed by atoms with E-state index in [0.29, 0.717) is 18.6 Å². The highest BCUT2D eigenvalue weighted by Gasteiger charge is 2.32. The number of hydrogen-bond donors (Lipinski definition) is 0. The summed E-state index contributed by atoms with van der Waals surface area (Å²) in [6.45, 7) is 16.5. The molecule has 1 aliphatic rings. The first-order chi connectivity index (χ1) is 10.9. The molecular formula is C20H35NO2. The van der Waals surface area contributed by atoms with Crippen molar-refractivity contribution >= 4 is 0 Å². The molecule has 1 heterocycles. The van der Waals surface area contributed by atoms with Crippen LogP contribution < -0.4 is 0 Å². The molecule has 0 aromatic heterocycles. The summed E-state index contributed by atoms with van der Waals surface area (Å²) in [5.74, 6) is 2.06. The van der Waals surface area contributed by atoms with E-state index < -0.39 is 0 Å². The average molecular weight is 322 g/mol. The number of nitrogens with zero attached hydrogens (tertiary/aromatic N) is 1. The van der Waals surface area contributed by atoms with Gasteiger partial charge in [-0.15, -0.1) is 0 Å². The summed E-state index contributed by atoms with van der Waals surface area (Å²) in [5, 5.41) is 0. The fourth-order valence-corrected chi connectivity index (χ4v) is 3.15. The Morgan fingerprint density at radius 1 is 1.43 bits per heavy atom. The van der Waals surface area contributed by atoms with Gasteiger partial charge in [-0.05, 0) is 53.3 Å². The van der Waals surface area contributed by atoms with Gasteiger partial charge in [0.25, 0.3) is 0 Å². The van der Waals surface area contributed by atoms with Gasteiger partial charge in [-0.2, -0.15) is 0 Å². The first-order valence-electron chi connectivity index (χ1n) is 9.00. The van der Waals surface area contributed by atoms with Crippen molar-refractivity contribution in [1.29, 1.82) is 0 Å². The van der Waals surface area contributed by atoms with Crippen LogP contribution in [0.2, 0.25) is 0 Å². The van der Waals surface area contributed by atoms with Gasteiger partial charge >= 0.3 is 0 Å². The molecule has 2 atom stereocenters. The number of rotatable bonds is 9. The lowest BCUT2D eigenvalue weighted by Gasteiger charge is -2.29. The van der Waals surface area contributed by atoms with Gasteiger partial charge in [-0.25, -0.2) is 0 Å². The summed E-state index contributed by atoms with van der Waals surface area (Å²) in [6, 6.07) is 0.574. The molecule has 1 aliphatic heterocycles. The van der Waals surface area contributed by atoms with Crippen LogP contribution in [0.3, 0.4) is 0 Å². The van der Waals surface area contributed by atoms with Crippen molar-refractivity contribution in [2.24, 2.45) is 5.92 Å². The standard InChI is InChI=1S/C20H35NO2/c1-8-11-18(21(7)10-3)13-17-14-22-16(6)20(17)19(12-9-2)23-15(4)5/h9,12,15,17-18H,6,8,10-11,13-14H2,1-5,7H3/b12-9-,20-19-/t17?,18-/m1/s1. The molecule has 0 aromatic carbocycles. The van der Waals surface area contributed by atoms with Gasteiger partial charge in [0.1, 0.15) is 11.5 Å². The normalized spacial score (nSPS) is 22.1. The largest absolute Gasteiger partial charge is 0.493 e. The van der Waals surface area contributed by atoms with E-state index in [0.717, 1.165) is 30.1 Å². The number of allylic oxidation sites excluding steroid dienone is 3. The van der Waals surface area contributed by atoms with Crippen LogP contribution in [0.25, 0.3) is 0 Å². The fraction of sp³-hybridized carbons (Fsp3) is 0.700. The maximum absolute atomic E-state index is 6.04. The monoisotopic (exact) mass is 321 g/mol. The lowest BCUT2D eigenvalue weighted by molar-refractivity contribution is 0.152. The van der Waals surface area contributed by atoms with E-state index in [1.54, 1.807) is 0 Å². The maximum Gasteiger partial charge on any atom is 0.126 e. The van der Waals surface area contributed by atoms with E-state index in [2.05, 4.69) is 46.2 Å². The van der Waals surface area contributed by atoms with Crippen LogP contribution in [0.1, 0.15) is 53.9 Å². The molecule has 0 saturated carbocycles. The first kappa shape index (κ1) is 19.8. The Kier molecular flexibility index (Phi) is 8.46. The third kappa shape index (κ3) is 5.72. The molecule has 0 radical (unpaired) electrons. The third-order valence-corrected chi connectivity index (χ3v) is 4.41. The zero-order chi connectivity index (χ0) is 17.4. The SMILES string of the molecule is C=C1OCC(C[C@@H](CCC)N(C)CC)/C1=C(/C=C\C)OC(C)C. The molecular weight excluding hydrogens is 286 g/mol. The van der Waals surface area contributed by atoms with Gasteiger partial charge in [0.2, 0.25) is 0 Å². The second kappa shape index (κ2) is 9.82. The Morgan fingerprint density at radius 3 is 2.65 bits per heavy atom. The Bertz CT molecular complexity index is 437. The minimum Gasteiger partial charge on any atom is -0.493 e. The van der Waals surface area contributed by atoms with Gasteiger partial charge in [0.05, 0.1) is 12.7 Å². The minimum absolute atomic E-state index is 0.146. The van der Waals surface area contributed by atoms with Gasteiger partial charge in [0, 0.05) is 17.5 Å². The predicted molar refractivity (Wildman–Crippen MR) is 98.3 cm³/mol. The van der Waals surface area contributed by atoms with E-state index in [9.17, 15) is 0 Å². The van der Waals surface area contributed by atoms with Crippen LogP contribution in [-0.2, 0) is 9.47 Å². The molecule has 1 saturated heterocycles. The molecule has 23 heavy (non-hydrogen) atoms.